The van der Waals surface area contributed by atoms with Gasteiger partial charge in [-0.3, -0.25) is 19.6 Å². The third-order valence-electron chi connectivity index (χ3n) is 7.83. The lowest BCUT2D eigenvalue weighted by Gasteiger charge is -2.43. The molecule has 0 N–H and O–H groups in total. The quantitative estimate of drug-likeness (QED) is 0.520. The molecule has 0 radical (unpaired) electrons. The lowest BCUT2D eigenvalue weighted by molar-refractivity contribution is -0.143. The topological polar surface area (TPSA) is 55.8 Å². The van der Waals surface area contributed by atoms with Crippen molar-refractivity contribution in [3.63, 3.8) is 0 Å². The van der Waals surface area contributed by atoms with Crippen molar-refractivity contribution in [2.24, 2.45) is 0 Å². The summed E-state index contributed by atoms with van der Waals surface area (Å²) in [5.41, 5.74) is -3.20. The first kappa shape index (κ1) is 27.6. The van der Waals surface area contributed by atoms with Crippen molar-refractivity contribution in [3.05, 3.63) is 41.7 Å². The molecule has 3 heterocycles. The van der Waals surface area contributed by atoms with E-state index in [1.54, 1.807) is 0 Å². The summed E-state index contributed by atoms with van der Waals surface area (Å²) >= 11 is 0. The highest BCUT2D eigenvalue weighted by atomic mass is 19.4. The summed E-state index contributed by atoms with van der Waals surface area (Å²) in [6.07, 6.45) is -3.52. The van der Waals surface area contributed by atoms with Crippen molar-refractivity contribution in [2.75, 3.05) is 63.8 Å². The minimum atomic E-state index is -4.94. The Kier molecular flexibility index (Phi) is 7.73. The number of carbonyl (C=O) groups is 1. The van der Waals surface area contributed by atoms with Gasteiger partial charge in [-0.05, 0) is 31.0 Å². The summed E-state index contributed by atoms with van der Waals surface area (Å²) in [5, 5.41) is 0. The van der Waals surface area contributed by atoms with Crippen LogP contribution in [-0.4, -0.2) is 95.5 Å². The third-order valence-corrected chi connectivity index (χ3v) is 7.83. The van der Waals surface area contributed by atoms with E-state index in [9.17, 15) is 31.1 Å². The average molecular weight is 557 g/mol. The standard InChI is InChI=1S/C26H30F6N6O/c27-25(28,29)19-12-18(13-20(14-19)26(30,31)32)22-15-34-23(16-33-22)37-6-4-35(5-7-37)17-24(39)38-10-8-36(9-11-38)21-2-1-3-21/h12-16,21H,1-11,17H2. The summed E-state index contributed by atoms with van der Waals surface area (Å²) < 4.78 is 79.2. The van der Waals surface area contributed by atoms with Crippen LogP contribution in [0.4, 0.5) is 32.2 Å². The minimum absolute atomic E-state index is 0.0861. The molecule has 7 nitrogen and oxygen atoms in total. The summed E-state index contributed by atoms with van der Waals surface area (Å²) in [4.78, 5) is 29.6. The molecular formula is C26H30F6N6O. The molecule has 0 unspecified atom stereocenters. The van der Waals surface area contributed by atoms with Gasteiger partial charge in [0, 0.05) is 64.0 Å². The Labute approximate surface area is 222 Å². The molecule has 0 atom stereocenters. The molecular weight excluding hydrogens is 526 g/mol. The first-order valence-electron chi connectivity index (χ1n) is 13.1. The van der Waals surface area contributed by atoms with Crippen molar-refractivity contribution in [3.8, 4) is 11.3 Å². The molecule has 2 aliphatic heterocycles. The normalized spacial score (nSPS) is 20.3. The number of piperazine rings is 2. The second-order valence-corrected chi connectivity index (χ2v) is 10.3. The number of nitrogens with zero attached hydrogens (tertiary/aromatic N) is 6. The van der Waals surface area contributed by atoms with E-state index in [1.165, 1.54) is 31.7 Å². The molecule has 2 aromatic rings. The van der Waals surface area contributed by atoms with Gasteiger partial charge >= 0.3 is 12.4 Å². The molecule has 1 amide bonds. The van der Waals surface area contributed by atoms with Crippen LogP contribution >= 0.6 is 0 Å². The number of benzene rings is 1. The number of rotatable bonds is 5. The van der Waals surface area contributed by atoms with E-state index in [0.717, 1.165) is 26.2 Å². The highest BCUT2D eigenvalue weighted by Gasteiger charge is 2.37. The number of amides is 1. The fraction of sp³-hybridized carbons (Fsp3) is 0.577. The van der Waals surface area contributed by atoms with Gasteiger partial charge in [-0.15, -0.1) is 0 Å². The van der Waals surface area contributed by atoms with Crippen LogP contribution in [0.2, 0.25) is 0 Å². The number of aromatic nitrogens is 2. The van der Waals surface area contributed by atoms with Crippen molar-refractivity contribution in [2.45, 2.75) is 37.7 Å². The lowest BCUT2D eigenvalue weighted by Crippen LogP contribution is -2.56. The largest absolute Gasteiger partial charge is 0.416 e. The second kappa shape index (κ2) is 10.9. The van der Waals surface area contributed by atoms with Crippen LogP contribution < -0.4 is 4.90 Å². The maximum absolute atomic E-state index is 13.2. The molecule has 5 rings (SSSR count). The van der Waals surface area contributed by atoms with Crippen LogP contribution in [0.15, 0.2) is 30.6 Å². The maximum atomic E-state index is 13.2. The van der Waals surface area contributed by atoms with Crippen molar-refractivity contribution < 1.29 is 31.1 Å². The van der Waals surface area contributed by atoms with E-state index in [0.29, 0.717) is 56.7 Å². The van der Waals surface area contributed by atoms with E-state index in [-0.39, 0.29) is 23.2 Å². The fourth-order valence-electron chi connectivity index (χ4n) is 5.25. The molecule has 0 bridgehead atoms. The summed E-state index contributed by atoms with van der Waals surface area (Å²) in [6.45, 7) is 6.10. The average Bonchev–Trinajstić information content (AvgIpc) is 2.87. The Morgan fingerprint density at radius 2 is 1.41 bits per heavy atom. The number of alkyl halides is 6. The van der Waals surface area contributed by atoms with Crippen LogP contribution in [0.3, 0.4) is 0 Å². The van der Waals surface area contributed by atoms with Gasteiger partial charge in [0.25, 0.3) is 0 Å². The van der Waals surface area contributed by atoms with Gasteiger partial charge in [0.1, 0.15) is 5.82 Å². The molecule has 1 aliphatic carbocycles. The molecule has 3 fully saturated rings. The van der Waals surface area contributed by atoms with Crippen LogP contribution in [0.25, 0.3) is 11.3 Å². The van der Waals surface area contributed by atoms with Gasteiger partial charge < -0.3 is 9.80 Å². The number of carbonyl (C=O) groups excluding carboxylic acids is 1. The minimum Gasteiger partial charge on any atom is -0.353 e. The molecule has 1 aromatic carbocycles. The monoisotopic (exact) mass is 556 g/mol. The maximum Gasteiger partial charge on any atom is 0.416 e. The predicted molar refractivity (Wildman–Crippen MR) is 132 cm³/mol. The Morgan fingerprint density at radius 1 is 0.795 bits per heavy atom. The van der Waals surface area contributed by atoms with Crippen molar-refractivity contribution in [1.82, 2.24) is 24.7 Å². The zero-order valence-corrected chi connectivity index (χ0v) is 21.3. The molecule has 212 valence electrons. The van der Waals surface area contributed by atoms with Gasteiger partial charge in [0.15, 0.2) is 0 Å². The van der Waals surface area contributed by atoms with Crippen LogP contribution in [0.5, 0.6) is 0 Å². The Morgan fingerprint density at radius 3 is 1.90 bits per heavy atom. The van der Waals surface area contributed by atoms with Crippen LogP contribution in [-0.2, 0) is 17.1 Å². The second-order valence-electron chi connectivity index (χ2n) is 10.3. The fourth-order valence-corrected chi connectivity index (χ4v) is 5.25. The first-order valence-corrected chi connectivity index (χ1v) is 13.1. The molecule has 1 aromatic heterocycles. The smallest absolute Gasteiger partial charge is 0.353 e. The zero-order valence-electron chi connectivity index (χ0n) is 21.3. The van der Waals surface area contributed by atoms with Gasteiger partial charge in [-0.1, -0.05) is 6.42 Å². The number of hydrogen-bond acceptors (Lipinski definition) is 6. The van der Waals surface area contributed by atoms with E-state index in [4.69, 9.17) is 0 Å². The Balaban J connectivity index is 1.16. The van der Waals surface area contributed by atoms with E-state index in [1.807, 2.05) is 9.80 Å². The Hall–Kier alpha value is -2.93. The Bertz CT molecular complexity index is 1120. The molecule has 0 spiro atoms. The molecule has 1 saturated carbocycles. The van der Waals surface area contributed by atoms with Gasteiger partial charge in [0.05, 0.1) is 35.8 Å². The molecule has 3 aliphatic rings. The highest BCUT2D eigenvalue weighted by Crippen LogP contribution is 2.38. The number of hydrogen-bond donors (Lipinski definition) is 0. The zero-order chi connectivity index (χ0) is 27.8. The van der Waals surface area contributed by atoms with E-state index < -0.39 is 23.5 Å². The summed E-state index contributed by atoms with van der Waals surface area (Å²) in [5.74, 6) is 0.597. The number of halogens is 6. The molecule has 39 heavy (non-hydrogen) atoms. The molecule has 13 heteroatoms. The SMILES string of the molecule is O=C(CN1CCN(c2cnc(-c3cc(C(F)(F)F)cc(C(F)(F)F)c3)cn2)CC1)N1CCN(C2CCC2)CC1. The molecule has 2 saturated heterocycles. The van der Waals surface area contributed by atoms with Gasteiger partial charge in [-0.2, -0.15) is 26.3 Å². The van der Waals surface area contributed by atoms with Crippen LogP contribution in [0.1, 0.15) is 30.4 Å². The predicted octanol–water partition coefficient (Wildman–Crippen LogP) is 4.00. The summed E-state index contributed by atoms with van der Waals surface area (Å²) in [7, 11) is 0. The van der Waals surface area contributed by atoms with E-state index in [2.05, 4.69) is 19.8 Å². The van der Waals surface area contributed by atoms with Gasteiger partial charge in [-0.25, -0.2) is 4.98 Å². The lowest BCUT2D eigenvalue weighted by atomic mass is 9.91. The first-order chi connectivity index (χ1) is 18.5. The highest BCUT2D eigenvalue weighted by molar-refractivity contribution is 5.78. The third kappa shape index (κ3) is 6.46. The number of anilines is 1. The van der Waals surface area contributed by atoms with Crippen molar-refractivity contribution in [1.29, 1.82) is 0 Å². The summed E-state index contributed by atoms with van der Waals surface area (Å²) in [6, 6.07) is 2.06. The van der Waals surface area contributed by atoms with Crippen LogP contribution in [0, 0.1) is 0 Å². The van der Waals surface area contributed by atoms with Crippen molar-refractivity contribution >= 4 is 11.7 Å². The van der Waals surface area contributed by atoms with Gasteiger partial charge in [0.2, 0.25) is 5.91 Å². The van der Waals surface area contributed by atoms with E-state index >= 15 is 0 Å².